The highest BCUT2D eigenvalue weighted by Crippen LogP contribution is 2.15. The van der Waals surface area contributed by atoms with Crippen LogP contribution in [0.25, 0.3) is 0 Å². The quantitative estimate of drug-likeness (QED) is 0.805. The predicted molar refractivity (Wildman–Crippen MR) is 53.7 cm³/mol. The van der Waals surface area contributed by atoms with Gasteiger partial charge in [0.05, 0.1) is 5.69 Å². The molecule has 15 heavy (non-hydrogen) atoms. The molecular weight excluding hydrogens is 202 g/mol. The van der Waals surface area contributed by atoms with Gasteiger partial charge in [0.25, 0.3) is 0 Å². The first-order valence-electron chi connectivity index (χ1n) is 4.51. The Morgan fingerprint density at radius 3 is 2.67 bits per heavy atom. The van der Waals surface area contributed by atoms with Crippen LogP contribution in [0.4, 0.5) is 19.3 Å². The van der Waals surface area contributed by atoms with E-state index in [-0.39, 0.29) is 5.69 Å². The molecule has 82 valence electrons. The third kappa shape index (κ3) is 2.90. The second-order valence-electron chi connectivity index (χ2n) is 3.07. The van der Waals surface area contributed by atoms with E-state index in [1.807, 2.05) is 0 Å². The number of benzene rings is 1. The summed E-state index contributed by atoms with van der Waals surface area (Å²) < 4.78 is 25.7. The zero-order valence-corrected chi connectivity index (χ0v) is 8.55. The lowest BCUT2D eigenvalue weighted by Gasteiger charge is -2.15. The van der Waals surface area contributed by atoms with Crippen LogP contribution in [0.5, 0.6) is 0 Å². The molecule has 5 heteroatoms. The third-order valence-corrected chi connectivity index (χ3v) is 1.99. The summed E-state index contributed by atoms with van der Waals surface area (Å²) in [6.45, 7) is 2.30. The van der Waals surface area contributed by atoms with E-state index in [1.54, 1.807) is 14.0 Å². The highest BCUT2D eigenvalue weighted by molar-refractivity contribution is 5.89. The van der Waals surface area contributed by atoms with Gasteiger partial charge in [-0.25, -0.2) is 13.6 Å². The third-order valence-electron chi connectivity index (χ3n) is 1.99. The van der Waals surface area contributed by atoms with Gasteiger partial charge in [0, 0.05) is 19.7 Å². The Labute approximate surface area is 86.7 Å². The molecule has 0 spiro atoms. The van der Waals surface area contributed by atoms with Crippen molar-refractivity contribution in [2.24, 2.45) is 0 Å². The second-order valence-corrected chi connectivity index (χ2v) is 3.07. The Bertz CT molecular complexity index is 368. The Morgan fingerprint density at radius 2 is 2.13 bits per heavy atom. The van der Waals surface area contributed by atoms with Crippen molar-refractivity contribution in [2.45, 2.75) is 6.92 Å². The van der Waals surface area contributed by atoms with Gasteiger partial charge in [-0.2, -0.15) is 0 Å². The van der Waals surface area contributed by atoms with Crippen LogP contribution >= 0.6 is 0 Å². The largest absolute Gasteiger partial charge is 0.328 e. The van der Waals surface area contributed by atoms with Gasteiger partial charge in [-0.05, 0) is 19.1 Å². The minimum Gasteiger partial charge on any atom is -0.328 e. The lowest BCUT2D eigenvalue weighted by Crippen LogP contribution is -2.31. The summed E-state index contributed by atoms with van der Waals surface area (Å²) in [5.41, 5.74) is -0.0262. The van der Waals surface area contributed by atoms with Gasteiger partial charge >= 0.3 is 6.03 Å². The summed E-state index contributed by atoms with van der Waals surface area (Å²) in [5.74, 6) is -1.46. The van der Waals surface area contributed by atoms with Gasteiger partial charge in [0.1, 0.15) is 11.6 Å². The smallest absolute Gasteiger partial charge is 0.321 e. The van der Waals surface area contributed by atoms with Crippen LogP contribution in [0.15, 0.2) is 18.2 Å². The normalized spacial score (nSPS) is 9.87. The van der Waals surface area contributed by atoms with Crippen molar-refractivity contribution in [1.82, 2.24) is 4.90 Å². The average molecular weight is 214 g/mol. The molecule has 0 unspecified atom stereocenters. The number of halogens is 2. The monoisotopic (exact) mass is 214 g/mol. The molecule has 1 aromatic carbocycles. The number of nitrogens with zero attached hydrogens (tertiary/aromatic N) is 1. The minimum absolute atomic E-state index is 0.0262. The number of nitrogens with one attached hydrogen (secondary N) is 1. The fraction of sp³-hybridized carbons (Fsp3) is 0.300. The maximum absolute atomic E-state index is 13.1. The molecule has 3 nitrogen and oxygen atoms in total. The molecule has 1 rings (SSSR count). The molecule has 0 bridgehead atoms. The first kappa shape index (κ1) is 11.4. The maximum atomic E-state index is 13.1. The van der Waals surface area contributed by atoms with Crippen molar-refractivity contribution >= 4 is 11.7 Å². The number of anilines is 1. The van der Waals surface area contributed by atoms with E-state index in [9.17, 15) is 13.6 Å². The fourth-order valence-electron chi connectivity index (χ4n) is 0.945. The molecule has 0 aliphatic heterocycles. The van der Waals surface area contributed by atoms with E-state index in [0.717, 1.165) is 12.1 Å². The van der Waals surface area contributed by atoms with Crippen molar-refractivity contribution in [2.75, 3.05) is 18.9 Å². The van der Waals surface area contributed by atoms with Crippen LogP contribution in [-0.4, -0.2) is 24.5 Å². The van der Waals surface area contributed by atoms with Gasteiger partial charge in [-0.1, -0.05) is 0 Å². The molecule has 0 aliphatic rings. The molecule has 1 aromatic rings. The van der Waals surface area contributed by atoms with Crippen molar-refractivity contribution < 1.29 is 13.6 Å². The summed E-state index contributed by atoms with van der Waals surface area (Å²) in [5, 5.41) is 2.33. The summed E-state index contributed by atoms with van der Waals surface area (Å²) in [6, 6.07) is 2.57. The summed E-state index contributed by atoms with van der Waals surface area (Å²) in [7, 11) is 1.58. The van der Waals surface area contributed by atoms with Gasteiger partial charge in [0.2, 0.25) is 0 Å². The number of rotatable bonds is 2. The molecule has 0 saturated heterocycles. The van der Waals surface area contributed by atoms with Crippen molar-refractivity contribution in [3.8, 4) is 0 Å². The lowest BCUT2D eigenvalue weighted by atomic mass is 10.3. The number of hydrogen-bond donors (Lipinski definition) is 1. The molecular formula is C10H12F2N2O. The Hall–Kier alpha value is -1.65. The molecule has 2 amide bonds. The number of urea groups is 1. The van der Waals surface area contributed by atoms with E-state index >= 15 is 0 Å². The predicted octanol–water partition coefficient (Wildman–Crippen LogP) is 2.45. The Balaban J connectivity index is 2.77. The van der Waals surface area contributed by atoms with Crippen molar-refractivity contribution in [1.29, 1.82) is 0 Å². The fourth-order valence-corrected chi connectivity index (χ4v) is 0.945. The van der Waals surface area contributed by atoms with Crippen LogP contribution in [0.2, 0.25) is 0 Å². The standard InChI is InChI=1S/C10H12F2N2O/c1-3-14(2)10(15)13-9-5-4-7(11)6-8(9)12/h4-6H,3H2,1-2H3,(H,13,15). The zero-order chi connectivity index (χ0) is 11.4. The Morgan fingerprint density at radius 1 is 1.47 bits per heavy atom. The molecule has 0 fully saturated rings. The Kier molecular flexibility index (Phi) is 3.60. The van der Waals surface area contributed by atoms with E-state index in [4.69, 9.17) is 0 Å². The summed E-state index contributed by atoms with van der Waals surface area (Å²) in [6.07, 6.45) is 0. The van der Waals surface area contributed by atoms with Crippen LogP contribution in [0, 0.1) is 11.6 Å². The molecule has 0 atom stereocenters. The maximum Gasteiger partial charge on any atom is 0.321 e. The van der Waals surface area contributed by atoms with Crippen LogP contribution < -0.4 is 5.32 Å². The zero-order valence-electron chi connectivity index (χ0n) is 8.55. The van der Waals surface area contributed by atoms with Crippen molar-refractivity contribution in [3.05, 3.63) is 29.8 Å². The molecule has 0 aromatic heterocycles. The first-order chi connectivity index (χ1) is 7.04. The molecule has 0 radical (unpaired) electrons. The van der Waals surface area contributed by atoms with Gasteiger partial charge < -0.3 is 10.2 Å². The van der Waals surface area contributed by atoms with E-state index in [2.05, 4.69) is 5.32 Å². The SMILES string of the molecule is CCN(C)C(=O)Nc1ccc(F)cc1F. The molecule has 0 heterocycles. The van der Waals surface area contributed by atoms with E-state index < -0.39 is 17.7 Å². The van der Waals surface area contributed by atoms with Crippen LogP contribution in [0.1, 0.15) is 6.92 Å². The van der Waals surface area contributed by atoms with E-state index in [1.165, 1.54) is 11.0 Å². The molecule has 0 aliphatic carbocycles. The van der Waals surface area contributed by atoms with Crippen LogP contribution in [0.3, 0.4) is 0 Å². The van der Waals surface area contributed by atoms with Crippen LogP contribution in [-0.2, 0) is 0 Å². The molecule has 1 N–H and O–H groups in total. The van der Waals surface area contributed by atoms with Gasteiger partial charge in [-0.3, -0.25) is 0 Å². The van der Waals surface area contributed by atoms with Gasteiger partial charge in [-0.15, -0.1) is 0 Å². The highest BCUT2D eigenvalue weighted by Gasteiger charge is 2.10. The number of carbonyl (C=O) groups excluding carboxylic acids is 1. The topological polar surface area (TPSA) is 32.3 Å². The number of amides is 2. The lowest BCUT2D eigenvalue weighted by molar-refractivity contribution is 0.224. The summed E-state index contributed by atoms with van der Waals surface area (Å²) in [4.78, 5) is 12.7. The number of carbonyl (C=O) groups is 1. The number of hydrogen-bond acceptors (Lipinski definition) is 1. The van der Waals surface area contributed by atoms with E-state index in [0.29, 0.717) is 6.54 Å². The molecule has 0 saturated carbocycles. The minimum atomic E-state index is -0.784. The van der Waals surface area contributed by atoms with Crippen molar-refractivity contribution in [3.63, 3.8) is 0 Å². The second kappa shape index (κ2) is 4.72. The highest BCUT2D eigenvalue weighted by atomic mass is 19.1. The first-order valence-corrected chi connectivity index (χ1v) is 4.51. The average Bonchev–Trinajstić information content (AvgIpc) is 2.20. The van der Waals surface area contributed by atoms with Gasteiger partial charge in [0.15, 0.2) is 0 Å². The summed E-state index contributed by atoms with van der Waals surface area (Å²) >= 11 is 0.